The Morgan fingerprint density at radius 1 is 1.33 bits per heavy atom. The van der Waals surface area contributed by atoms with Crippen LogP contribution in [0.15, 0.2) is 0 Å². The zero-order valence-corrected chi connectivity index (χ0v) is 9.38. The van der Waals surface area contributed by atoms with Crippen LogP contribution in [0.2, 0.25) is 0 Å². The zero-order chi connectivity index (χ0) is 2.71. The molecule has 0 aliphatic carbocycles. The van der Waals surface area contributed by atoms with E-state index >= 15 is 0 Å². The minimum Gasteiger partial charge on any atom is -2.00 e. The normalized spacial score (nSPS) is 3.00. The van der Waals surface area contributed by atoms with Gasteiger partial charge < -0.3 is 18.6 Å². The van der Waals surface area contributed by atoms with Crippen LogP contribution in [0.3, 0.4) is 0 Å². The van der Waals surface area contributed by atoms with Crippen molar-refractivity contribution in [3.05, 3.63) is 0 Å². The topological polar surface area (TPSA) is 20.2 Å². The first kappa shape index (κ1) is 23.9. The second-order valence-corrected chi connectivity index (χ2v) is 0.316. The van der Waals surface area contributed by atoms with E-state index in [0.29, 0.717) is 0 Å². The molecule has 1 nitrogen and oxygen atoms in total. The van der Waals surface area contributed by atoms with E-state index in [2.05, 4.69) is 0 Å². The fourth-order valence-electron chi connectivity index (χ4n) is 0. The van der Waals surface area contributed by atoms with Crippen molar-refractivity contribution in [3.8, 4) is 0 Å². The Hall–Kier alpha value is 2.31. The SMILES string of the molecule is CCO.[Na+].[Na+].[S-2]. The van der Waals surface area contributed by atoms with E-state index in [4.69, 9.17) is 5.11 Å². The first-order valence-corrected chi connectivity index (χ1v) is 1.02. The summed E-state index contributed by atoms with van der Waals surface area (Å²) in [6.07, 6.45) is 0. The third kappa shape index (κ3) is 33.3. The Bertz CT molecular complexity index is 11.5. The van der Waals surface area contributed by atoms with Gasteiger partial charge in [-0.2, -0.15) is 0 Å². The summed E-state index contributed by atoms with van der Waals surface area (Å²) in [4.78, 5) is 0. The molecule has 0 bridgehead atoms. The molecule has 0 fully saturated rings. The maximum Gasteiger partial charge on any atom is 1.00 e. The molecule has 0 aliphatic rings. The minimum absolute atomic E-state index is 0. The van der Waals surface area contributed by atoms with Gasteiger partial charge in [0, 0.05) is 6.61 Å². The summed E-state index contributed by atoms with van der Waals surface area (Å²) >= 11 is 0. The van der Waals surface area contributed by atoms with Crippen molar-refractivity contribution in [2.24, 2.45) is 0 Å². The number of hydrogen-bond donors (Lipinski definition) is 1. The standard InChI is InChI=1S/C2H6O.2Na.S/c1-2-3;;;/h3H,2H2,1H3;;;/q;2*+1;-2. The van der Waals surface area contributed by atoms with Crippen LogP contribution in [0, 0.1) is 0 Å². The molecule has 4 heteroatoms. The molecule has 0 rings (SSSR count). The summed E-state index contributed by atoms with van der Waals surface area (Å²) in [5, 5.41) is 7.57. The molecule has 0 amide bonds. The van der Waals surface area contributed by atoms with E-state index in [9.17, 15) is 0 Å². The van der Waals surface area contributed by atoms with E-state index in [-0.39, 0.29) is 79.2 Å². The van der Waals surface area contributed by atoms with Gasteiger partial charge in [0.15, 0.2) is 0 Å². The maximum absolute atomic E-state index is 7.57. The van der Waals surface area contributed by atoms with Crippen molar-refractivity contribution in [3.63, 3.8) is 0 Å². The Morgan fingerprint density at radius 2 is 1.33 bits per heavy atom. The van der Waals surface area contributed by atoms with Crippen LogP contribution in [0.1, 0.15) is 6.92 Å². The summed E-state index contributed by atoms with van der Waals surface area (Å²) in [6.45, 7) is 1.93. The molecule has 0 saturated carbocycles. The molecule has 0 spiro atoms. The maximum atomic E-state index is 7.57. The van der Waals surface area contributed by atoms with Crippen molar-refractivity contribution in [2.75, 3.05) is 6.61 Å². The molecule has 0 atom stereocenters. The van der Waals surface area contributed by atoms with Crippen molar-refractivity contribution in [2.45, 2.75) is 6.92 Å². The van der Waals surface area contributed by atoms with Crippen LogP contribution in [-0.4, -0.2) is 11.7 Å². The predicted octanol–water partition coefficient (Wildman–Crippen LogP) is -6.00. The second kappa shape index (κ2) is 26.6. The van der Waals surface area contributed by atoms with Crippen LogP contribution in [0.5, 0.6) is 0 Å². The molecule has 0 radical (unpaired) electrons. The molecule has 0 aliphatic heterocycles. The summed E-state index contributed by atoms with van der Waals surface area (Å²) in [7, 11) is 0. The molecule has 0 aromatic rings. The molecular weight excluding hydrogens is 118 g/mol. The minimum atomic E-state index is 0. The van der Waals surface area contributed by atoms with E-state index < -0.39 is 0 Å². The van der Waals surface area contributed by atoms with Crippen molar-refractivity contribution < 1.29 is 64.2 Å². The van der Waals surface area contributed by atoms with Gasteiger partial charge in [-0.05, 0) is 6.92 Å². The van der Waals surface area contributed by atoms with E-state index in [0.717, 1.165) is 0 Å². The fraction of sp³-hybridized carbons (Fsp3) is 1.00. The average molecular weight is 124 g/mol. The summed E-state index contributed by atoms with van der Waals surface area (Å²) in [5.74, 6) is 0. The van der Waals surface area contributed by atoms with Gasteiger partial charge in [-0.3, -0.25) is 0 Å². The number of rotatable bonds is 0. The van der Waals surface area contributed by atoms with E-state index in [1.54, 1.807) is 6.92 Å². The Balaban J connectivity index is -0.00000000667. The van der Waals surface area contributed by atoms with Crippen molar-refractivity contribution in [1.82, 2.24) is 0 Å². The van der Waals surface area contributed by atoms with Gasteiger partial charge in [-0.15, -0.1) is 0 Å². The molecule has 28 valence electrons. The Labute approximate surface area is 89.9 Å². The molecule has 1 N–H and O–H groups in total. The first-order chi connectivity index (χ1) is 1.41. The van der Waals surface area contributed by atoms with Crippen LogP contribution >= 0.6 is 0 Å². The van der Waals surface area contributed by atoms with Gasteiger partial charge in [-0.1, -0.05) is 0 Å². The second-order valence-electron chi connectivity index (χ2n) is 0.316. The summed E-state index contributed by atoms with van der Waals surface area (Å²) in [6, 6.07) is 0. The molecule has 0 heterocycles. The molecule has 0 saturated heterocycles. The quantitative estimate of drug-likeness (QED) is 0.319. The summed E-state index contributed by atoms with van der Waals surface area (Å²) < 4.78 is 0. The van der Waals surface area contributed by atoms with Crippen LogP contribution in [-0.2, 0) is 13.5 Å². The molecule has 0 unspecified atom stereocenters. The van der Waals surface area contributed by atoms with Crippen LogP contribution < -0.4 is 59.1 Å². The average Bonchev–Trinajstić information content (AvgIpc) is 0.918. The molecular formula is C2H6Na2OS. The zero-order valence-electron chi connectivity index (χ0n) is 4.56. The van der Waals surface area contributed by atoms with E-state index in [1.165, 1.54) is 0 Å². The third-order valence-electron chi connectivity index (χ3n) is 0. The Kier molecular flexibility index (Phi) is 106. The summed E-state index contributed by atoms with van der Waals surface area (Å²) in [5.41, 5.74) is 0. The van der Waals surface area contributed by atoms with E-state index in [1.807, 2.05) is 0 Å². The largest absolute Gasteiger partial charge is 2.00 e. The van der Waals surface area contributed by atoms with Gasteiger partial charge in [-0.25, -0.2) is 0 Å². The van der Waals surface area contributed by atoms with Gasteiger partial charge >= 0.3 is 59.1 Å². The Morgan fingerprint density at radius 3 is 1.33 bits per heavy atom. The smallest absolute Gasteiger partial charge is 1.00 e. The monoisotopic (exact) mass is 124 g/mol. The van der Waals surface area contributed by atoms with Crippen molar-refractivity contribution in [1.29, 1.82) is 0 Å². The van der Waals surface area contributed by atoms with Crippen molar-refractivity contribution >= 4 is 13.5 Å². The molecule has 0 aromatic carbocycles. The first-order valence-electron chi connectivity index (χ1n) is 1.02. The van der Waals surface area contributed by atoms with Gasteiger partial charge in [0.1, 0.15) is 0 Å². The van der Waals surface area contributed by atoms with Crippen LogP contribution in [0.25, 0.3) is 0 Å². The fourth-order valence-corrected chi connectivity index (χ4v) is 0. The molecule has 0 aromatic heterocycles. The predicted molar refractivity (Wildman–Crippen MR) is 20.1 cm³/mol. The van der Waals surface area contributed by atoms with Gasteiger partial charge in [0.25, 0.3) is 0 Å². The number of aliphatic hydroxyl groups is 1. The number of aliphatic hydroxyl groups excluding tert-OH is 1. The van der Waals surface area contributed by atoms with Gasteiger partial charge in [0.2, 0.25) is 0 Å². The molecule has 6 heavy (non-hydrogen) atoms. The van der Waals surface area contributed by atoms with Crippen LogP contribution in [0.4, 0.5) is 0 Å². The van der Waals surface area contributed by atoms with Gasteiger partial charge in [0.05, 0.1) is 0 Å². The number of hydrogen-bond acceptors (Lipinski definition) is 1. The third-order valence-corrected chi connectivity index (χ3v) is 0.